The Bertz CT molecular complexity index is 1200. The molecule has 0 saturated carbocycles. The van der Waals surface area contributed by atoms with E-state index in [0.29, 0.717) is 53.2 Å². The van der Waals surface area contributed by atoms with E-state index >= 15 is 0 Å². The van der Waals surface area contributed by atoms with E-state index in [2.05, 4.69) is 15.4 Å². The Morgan fingerprint density at radius 2 is 2.16 bits per heavy atom. The lowest BCUT2D eigenvalue weighted by Crippen LogP contribution is -2.39. The normalized spacial score (nSPS) is 17.4. The van der Waals surface area contributed by atoms with Gasteiger partial charge in [-0.3, -0.25) is 9.59 Å². The number of hydrogen-bond acceptors (Lipinski definition) is 8. The van der Waals surface area contributed by atoms with Gasteiger partial charge in [0, 0.05) is 36.4 Å². The molecule has 32 heavy (non-hydrogen) atoms. The number of fused-ring (bicyclic) bond motifs is 2. The number of carbonyl (C=O) groups is 2. The molecule has 3 aromatic rings. The van der Waals surface area contributed by atoms with Crippen LogP contribution in [0.2, 0.25) is 0 Å². The molecule has 1 atom stereocenters. The zero-order valence-electron chi connectivity index (χ0n) is 17.9. The second kappa shape index (κ2) is 8.27. The number of rotatable bonds is 6. The summed E-state index contributed by atoms with van der Waals surface area (Å²) < 4.78 is 11.0. The van der Waals surface area contributed by atoms with Crippen LogP contribution >= 0.6 is 0 Å². The Balaban J connectivity index is 1.65. The standard InChI is InChI=1S/C24H25N3O5/c1-2-31-24(30)14-6-5-10-27(13-14)18-12-17(25-9-11-28)19-20-21(18)26-32-23(20)16-8-4-3-7-15(16)22(19)29/h3-4,7-8,12,14,25,28H,2,5-6,9-11,13H2,1H3. The molecule has 8 heteroatoms. The van der Waals surface area contributed by atoms with E-state index in [9.17, 15) is 14.7 Å². The van der Waals surface area contributed by atoms with E-state index < -0.39 is 0 Å². The molecular formula is C24H25N3O5. The summed E-state index contributed by atoms with van der Waals surface area (Å²) in [5, 5.41) is 17.6. The van der Waals surface area contributed by atoms with Crippen LogP contribution in [-0.4, -0.2) is 54.9 Å². The fourth-order valence-electron chi connectivity index (χ4n) is 4.76. The van der Waals surface area contributed by atoms with Gasteiger partial charge in [-0.25, -0.2) is 0 Å². The van der Waals surface area contributed by atoms with E-state index in [4.69, 9.17) is 9.26 Å². The summed E-state index contributed by atoms with van der Waals surface area (Å²) in [4.78, 5) is 27.9. The number of piperidine rings is 1. The number of benzene rings is 2. The van der Waals surface area contributed by atoms with Crippen molar-refractivity contribution in [2.75, 3.05) is 43.1 Å². The van der Waals surface area contributed by atoms with Crippen molar-refractivity contribution in [3.05, 3.63) is 41.5 Å². The zero-order valence-corrected chi connectivity index (χ0v) is 17.9. The summed E-state index contributed by atoms with van der Waals surface area (Å²) in [5.74, 6) is 0.0676. The van der Waals surface area contributed by atoms with E-state index in [1.54, 1.807) is 6.07 Å². The van der Waals surface area contributed by atoms with Crippen LogP contribution in [-0.2, 0) is 9.53 Å². The van der Waals surface area contributed by atoms with Crippen LogP contribution in [0.4, 0.5) is 11.4 Å². The summed E-state index contributed by atoms with van der Waals surface area (Å²) in [7, 11) is 0. The molecule has 0 amide bonds. The molecule has 8 nitrogen and oxygen atoms in total. The molecule has 1 aromatic heterocycles. The average Bonchev–Trinajstić information content (AvgIpc) is 3.26. The number of aromatic nitrogens is 1. The molecule has 166 valence electrons. The van der Waals surface area contributed by atoms with Crippen molar-refractivity contribution in [1.82, 2.24) is 5.16 Å². The minimum absolute atomic E-state index is 0.0667. The first-order chi connectivity index (χ1) is 15.6. The first-order valence-electron chi connectivity index (χ1n) is 11.0. The molecule has 2 heterocycles. The van der Waals surface area contributed by atoms with Crippen LogP contribution in [0.15, 0.2) is 34.9 Å². The van der Waals surface area contributed by atoms with Crippen molar-refractivity contribution in [1.29, 1.82) is 0 Å². The fraction of sp³-hybridized carbons (Fsp3) is 0.375. The number of nitrogens with one attached hydrogen (secondary N) is 1. The molecule has 1 saturated heterocycles. The Labute approximate surface area is 185 Å². The van der Waals surface area contributed by atoms with Crippen LogP contribution in [0.3, 0.4) is 0 Å². The van der Waals surface area contributed by atoms with Gasteiger partial charge in [-0.05, 0) is 25.8 Å². The largest absolute Gasteiger partial charge is 0.466 e. The summed E-state index contributed by atoms with van der Waals surface area (Å²) >= 11 is 0. The Kier molecular flexibility index (Phi) is 5.30. The highest BCUT2D eigenvalue weighted by atomic mass is 16.5. The van der Waals surface area contributed by atoms with Crippen LogP contribution < -0.4 is 10.2 Å². The van der Waals surface area contributed by atoms with E-state index in [0.717, 1.165) is 30.6 Å². The second-order valence-corrected chi connectivity index (χ2v) is 8.12. The van der Waals surface area contributed by atoms with Gasteiger partial charge in [0.1, 0.15) is 5.52 Å². The number of ketones is 1. The predicted molar refractivity (Wildman–Crippen MR) is 120 cm³/mol. The first kappa shape index (κ1) is 20.5. The van der Waals surface area contributed by atoms with Gasteiger partial charge in [0.05, 0.1) is 35.8 Å². The third-order valence-corrected chi connectivity index (χ3v) is 6.19. The highest BCUT2D eigenvalue weighted by Crippen LogP contribution is 2.46. The predicted octanol–water partition coefficient (Wildman–Crippen LogP) is 3.22. The topological polar surface area (TPSA) is 105 Å². The summed E-state index contributed by atoms with van der Waals surface area (Å²) in [6.45, 7) is 3.68. The van der Waals surface area contributed by atoms with Gasteiger partial charge in [-0.15, -0.1) is 0 Å². The Morgan fingerprint density at radius 1 is 1.34 bits per heavy atom. The number of carbonyl (C=O) groups excluding carboxylic acids is 2. The van der Waals surface area contributed by atoms with Crippen molar-refractivity contribution >= 4 is 34.0 Å². The number of esters is 1. The molecule has 1 fully saturated rings. The van der Waals surface area contributed by atoms with E-state index in [1.807, 2.05) is 31.2 Å². The number of ether oxygens (including phenoxy) is 1. The van der Waals surface area contributed by atoms with Gasteiger partial charge in [-0.1, -0.05) is 29.4 Å². The number of hydrogen-bond donors (Lipinski definition) is 2. The highest BCUT2D eigenvalue weighted by Gasteiger charge is 2.35. The quantitative estimate of drug-likeness (QED) is 0.445. The maximum atomic E-state index is 13.4. The van der Waals surface area contributed by atoms with E-state index in [1.165, 1.54) is 0 Å². The smallest absolute Gasteiger partial charge is 0.310 e. The third kappa shape index (κ3) is 3.22. The number of aliphatic hydroxyl groups is 1. The molecule has 0 bridgehead atoms. The molecule has 5 rings (SSSR count). The number of anilines is 2. The van der Waals surface area contributed by atoms with Crippen molar-refractivity contribution in [3.63, 3.8) is 0 Å². The van der Waals surface area contributed by atoms with Gasteiger partial charge in [-0.2, -0.15) is 0 Å². The average molecular weight is 435 g/mol. The van der Waals surface area contributed by atoms with Crippen molar-refractivity contribution < 1.29 is 24.0 Å². The van der Waals surface area contributed by atoms with Crippen molar-refractivity contribution in [2.45, 2.75) is 19.8 Å². The summed E-state index contributed by atoms with van der Waals surface area (Å²) in [6.07, 6.45) is 1.63. The summed E-state index contributed by atoms with van der Waals surface area (Å²) in [6, 6.07) is 9.23. The molecule has 1 unspecified atom stereocenters. The lowest BCUT2D eigenvalue weighted by atomic mass is 9.86. The molecule has 2 aliphatic rings. The maximum Gasteiger partial charge on any atom is 0.310 e. The van der Waals surface area contributed by atoms with Crippen molar-refractivity contribution in [3.8, 4) is 11.3 Å². The fourth-order valence-corrected chi connectivity index (χ4v) is 4.76. The van der Waals surface area contributed by atoms with Gasteiger partial charge in [0.15, 0.2) is 11.5 Å². The molecule has 1 aliphatic heterocycles. The molecule has 0 spiro atoms. The Morgan fingerprint density at radius 3 is 2.94 bits per heavy atom. The SMILES string of the molecule is CCOC(=O)C1CCCN(c2cc(NCCO)c3c4c(onc24)-c2ccccc2C3=O)C1. The van der Waals surface area contributed by atoms with Crippen LogP contribution in [0.5, 0.6) is 0 Å². The van der Waals surface area contributed by atoms with Gasteiger partial charge in [0.25, 0.3) is 0 Å². The zero-order chi connectivity index (χ0) is 22.2. The van der Waals surface area contributed by atoms with E-state index in [-0.39, 0.29) is 24.3 Å². The van der Waals surface area contributed by atoms with Crippen LogP contribution in [0.25, 0.3) is 22.2 Å². The molecule has 2 aromatic carbocycles. The number of nitrogens with zero attached hydrogens (tertiary/aromatic N) is 2. The minimum Gasteiger partial charge on any atom is -0.466 e. The Hall–Kier alpha value is -3.39. The first-order valence-corrected chi connectivity index (χ1v) is 11.0. The maximum absolute atomic E-state index is 13.4. The van der Waals surface area contributed by atoms with Crippen LogP contribution in [0, 0.1) is 5.92 Å². The summed E-state index contributed by atoms with van der Waals surface area (Å²) in [5.41, 5.74) is 3.84. The molecule has 2 N–H and O–H groups in total. The highest BCUT2D eigenvalue weighted by molar-refractivity contribution is 6.28. The van der Waals surface area contributed by atoms with Gasteiger partial charge < -0.3 is 24.6 Å². The molecule has 1 aliphatic carbocycles. The lowest BCUT2D eigenvalue weighted by molar-refractivity contribution is -0.148. The minimum atomic E-state index is -0.214. The number of aliphatic hydroxyl groups excluding tert-OH is 1. The van der Waals surface area contributed by atoms with Crippen LogP contribution in [0.1, 0.15) is 35.7 Å². The molecular weight excluding hydrogens is 410 g/mol. The monoisotopic (exact) mass is 435 g/mol. The van der Waals surface area contributed by atoms with Crippen molar-refractivity contribution in [2.24, 2.45) is 5.92 Å². The van der Waals surface area contributed by atoms with Gasteiger partial charge in [0.2, 0.25) is 0 Å². The lowest BCUT2D eigenvalue weighted by Gasteiger charge is -2.34. The second-order valence-electron chi connectivity index (χ2n) is 8.12. The third-order valence-electron chi connectivity index (χ3n) is 6.19. The van der Waals surface area contributed by atoms with Gasteiger partial charge >= 0.3 is 5.97 Å². The molecule has 0 radical (unpaired) electrons.